The third-order valence-corrected chi connectivity index (χ3v) is 3.31. The molecule has 0 bridgehead atoms. The Bertz CT molecular complexity index is 936. The van der Waals surface area contributed by atoms with Gasteiger partial charge in [0.2, 0.25) is 0 Å². The molecule has 2 rings (SSSR count). The highest BCUT2D eigenvalue weighted by Crippen LogP contribution is 2.29. The second kappa shape index (κ2) is 8.82. The fourth-order valence-corrected chi connectivity index (χ4v) is 2.06. The van der Waals surface area contributed by atoms with E-state index in [1.807, 2.05) is 0 Å². The Morgan fingerprint density at radius 2 is 2.00 bits per heavy atom. The Kier molecular flexibility index (Phi) is 6.27. The molecule has 0 aromatic heterocycles. The molecule has 10 nitrogen and oxygen atoms in total. The summed E-state index contributed by atoms with van der Waals surface area (Å²) in [6, 6.07) is 8.16. The van der Waals surface area contributed by atoms with Crippen LogP contribution in [-0.2, 0) is 0 Å². The molecule has 2 aromatic carbocycles. The molecule has 2 aromatic rings. The van der Waals surface area contributed by atoms with Gasteiger partial charge in [0.05, 0.1) is 29.2 Å². The van der Waals surface area contributed by atoms with Crippen LogP contribution in [0.1, 0.15) is 5.56 Å². The number of terminal acetylenes is 1. The molecule has 0 unspecified atom stereocenters. The first-order valence-corrected chi connectivity index (χ1v) is 7.42. The lowest BCUT2D eigenvalue weighted by atomic mass is 10.2. The smallest absolute Gasteiger partial charge is 0.301 e. The third kappa shape index (κ3) is 4.93. The lowest BCUT2D eigenvalue weighted by Crippen LogP contribution is -2.01. The number of non-ortho nitro benzene ring substituents is 1. The van der Waals surface area contributed by atoms with E-state index < -0.39 is 21.2 Å². The summed E-state index contributed by atoms with van der Waals surface area (Å²) in [5, 5.41) is 25.8. The van der Waals surface area contributed by atoms with Gasteiger partial charge in [-0.3, -0.25) is 25.7 Å². The van der Waals surface area contributed by atoms with Crippen LogP contribution in [0, 0.1) is 32.6 Å². The van der Waals surface area contributed by atoms with Gasteiger partial charge in [-0.25, -0.2) is 0 Å². The zero-order valence-electron chi connectivity index (χ0n) is 14.1. The molecule has 0 atom stereocenters. The number of hydrogen-bond acceptors (Lipinski definition) is 8. The van der Waals surface area contributed by atoms with Crippen molar-refractivity contribution in [1.29, 1.82) is 0 Å². The summed E-state index contributed by atoms with van der Waals surface area (Å²) >= 11 is 0. The average Bonchev–Trinajstić information content (AvgIpc) is 2.66. The Balaban J connectivity index is 2.28. The van der Waals surface area contributed by atoms with Gasteiger partial charge in [0.1, 0.15) is 23.8 Å². The highest BCUT2D eigenvalue weighted by molar-refractivity contribution is 5.85. The Morgan fingerprint density at radius 3 is 2.63 bits per heavy atom. The zero-order chi connectivity index (χ0) is 19.8. The predicted octanol–water partition coefficient (Wildman–Crippen LogP) is 2.97. The monoisotopic (exact) mass is 370 g/mol. The molecule has 0 heterocycles. The van der Waals surface area contributed by atoms with Crippen molar-refractivity contribution < 1.29 is 19.3 Å². The largest absolute Gasteiger partial charge is 0.497 e. The zero-order valence-corrected chi connectivity index (χ0v) is 14.1. The molecule has 0 aliphatic carbocycles. The van der Waals surface area contributed by atoms with E-state index in [-0.39, 0.29) is 12.3 Å². The molecule has 10 heteroatoms. The lowest BCUT2D eigenvalue weighted by Gasteiger charge is -2.08. The van der Waals surface area contributed by atoms with Gasteiger partial charge in [0, 0.05) is 11.6 Å². The molecule has 27 heavy (non-hydrogen) atoms. The van der Waals surface area contributed by atoms with Crippen molar-refractivity contribution in [3.05, 3.63) is 62.2 Å². The topological polar surface area (TPSA) is 129 Å². The number of benzene rings is 2. The molecule has 0 saturated heterocycles. The number of nitrogens with one attached hydrogen (secondary N) is 1. The molecular weight excluding hydrogens is 356 g/mol. The Labute approximate surface area is 153 Å². The van der Waals surface area contributed by atoms with Crippen molar-refractivity contribution in [2.24, 2.45) is 5.10 Å². The first-order valence-electron chi connectivity index (χ1n) is 7.42. The van der Waals surface area contributed by atoms with E-state index in [0.717, 1.165) is 12.1 Å². The lowest BCUT2D eigenvalue weighted by molar-refractivity contribution is -0.393. The quantitative estimate of drug-likeness (QED) is 0.327. The summed E-state index contributed by atoms with van der Waals surface area (Å²) in [4.78, 5) is 20.4. The fraction of sp³-hybridized carbons (Fsp3) is 0.118. The van der Waals surface area contributed by atoms with Gasteiger partial charge in [-0.05, 0) is 24.3 Å². The van der Waals surface area contributed by atoms with Crippen molar-refractivity contribution in [1.82, 2.24) is 0 Å². The Morgan fingerprint density at radius 1 is 1.22 bits per heavy atom. The Hall–Kier alpha value is -4.13. The van der Waals surface area contributed by atoms with Crippen LogP contribution in [0.15, 0.2) is 41.5 Å². The molecule has 0 radical (unpaired) electrons. The van der Waals surface area contributed by atoms with E-state index in [9.17, 15) is 20.2 Å². The normalized spacial score (nSPS) is 10.2. The molecule has 0 fully saturated rings. The summed E-state index contributed by atoms with van der Waals surface area (Å²) < 4.78 is 10.5. The van der Waals surface area contributed by atoms with E-state index in [2.05, 4.69) is 16.4 Å². The predicted molar refractivity (Wildman–Crippen MR) is 98.3 cm³/mol. The van der Waals surface area contributed by atoms with Gasteiger partial charge in [-0.2, -0.15) is 5.10 Å². The number of ether oxygens (including phenoxy) is 2. The highest BCUT2D eigenvalue weighted by Gasteiger charge is 2.19. The van der Waals surface area contributed by atoms with Crippen LogP contribution in [-0.4, -0.2) is 29.8 Å². The van der Waals surface area contributed by atoms with Crippen LogP contribution in [0.5, 0.6) is 11.5 Å². The number of anilines is 1. The highest BCUT2D eigenvalue weighted by atomic mass is 16.6. The van der Waals surface area contributed by atoms with Gasteiger partial charge in [-0.1, -0.05) is 5.92 Å². The van der Waals surface area contributed by atoms with Gasteiger partial charge in [0.15, 0.2) is 0 Å². The molecule has 138 valence electrons. The van der Waals surface area contributed by atoms with E-state index in [4.69, 9.17) is 15.9 Å². The summed E-state index contributed by atoms with van der Waals surface area (Å²) in [6.45, 7) is 0.0500. The average molecular weight is 370 g/mol. The number of nitro benzene ring substituents is 2. The third-order valence-electron chi connectivity index (χ3n) is 3.31. The minimum Gasteiger partial charge on any atom is -0.497 e. The van der Waals surface area contributed by atoms with E-state index >= 15 is 0 Å². The molecule has 0 aliphatic rings. The summed E-state index contributed by atoms with van der Waals surface area (Å²) in [5.41, 5.74) is 2.14. The minimum atomic E-state index is -0.738. The van der Waals surface area contributed by atoms with Crippen LogP contribution < -0.4 is 14.9 Å². The molecular formula is C17H14N4O6. The minimum absolute atomic E-state index is 0.00385. The van der Waals surface area contributed by atoms with Gasteiger partial charge < -0.3 is 9.47 Å². The maximum absolute atomic E-state index is 11.1. The number of nitrogens with zero attached hydrogens (tertiary/aromatic N) is 3. The van der Waals surface area contributed by atoms with Crippen molar-refractivity contribution in [2.45, 2.75) is 0 Å². The van der Waals surface area contributed by atoms with Crippen molar-refractivity contribution in [3.8, 4) is 23.8 Å². The van der Waals surface area contributed by atoms with Gasteiger partial charge in [-0.15, -0.1) is 6.42 Å². The standard InChI is InChI=1S/C17H14N4O6/c1-3-8-27-17-7-5-14(26-2)9-12(17)11-18-19-15-6-4-13(20(22)23)10-16(15)21(24)25/h1,4-7,9-11,19H,8H2,2H3. The van der Waals surface area contributed by atoms with Crippen LogP contribution in [0.2, 0.25) is 0 Å². The second-order valence-electron chi connectivity index (χ2n) is 4.98. The van der Waals surface area contributed by atoms with E-state index in [0.29, 0.717) is 17.1 Å². The summed E-state index contributed by atoms with van der Waals surface area (Å²) in [6.07, 6.45) is 6.54. The number of nitro groups is 2. The molecule has 0 amide bonds. The fourth-order valence-electron chi connectivity index (χ4n) is 2.06. The number of rotatable bonds is 8. The maximum Gasteiger partial charge on any atom is 0.301 e. The van der Waals surface area contributed by atoms with Crippen molar-refractivity contribution in [2.75, 3.05) is 19.1 Å². The second-order valence-corrected chi connectivity index (χ2v) is 4.98. The van der Waals surface area contributed by atoms with Crippen molar-refractivity contribution >= 4 is 23.3 Å². The first-order chi connectivity index (χ1) is 13.0. The number of hydrazone groups is 1. The van der Waals surface area contributed by atoms with E-state index in [1.165, 1.54) is 19.4 Å². The van der Waals surface area contributed by atoms with Crippen LogP contribution in [0.25, 0.3) is 0 Å². The maximum atomic E-state index is 11.1. The van der Waals surface area contributed by atoms with E-state index in [1.54, 1.807) is 18.2 Å². The van der Waals surface area contributed by atoms with Gasteiger partial charge >= 0.3 is 5.69 Å². The molecule has 0 aliphatic heterocycles. The summed E-state index contributed by atoms with van der Waals surface area (Å²) in [5.74, 6) is 3.33. The van der Waals surface area contributed by atoms with Crippen molar-refractivity contribution in [3.63, 3.8) is 0 Å². The molecule has 0 spiro atoms. The first kappa shape index (κ1) is 19.2. The number of hydrogen-bond donors (Lipinski definition) is 1. The van der Waals surface area contributed by atoms with Crippen LogP contribution >= 0.6 is 0 Å². The summed E-state index contributed by atoms with van der Waals surface area (Å²) in [7, 11) is 1.50. The number of methoxy groups -OCH3 is 1. The SMILES string of the molecule is C#CCOc1ccc(OC)cc1C=NNc1ccc([N+](=O)[O-])cc1[N+](=O)[O-]. The van der Waals surface area contributed by atoms with Gasteiger partial charge in [0.25, 0.3) is 5.69 Å². The molecule has 1 N–H and O–H groups in total. The van der Waals surface area contributed by atoms with Crippen LogP contribution in [0.3, 0.4) is 0 Å². The molecule has 0 saturated carbocycles. The van der Waals surface area contributed by atoms with Crippen LogP contribution in [0.4, 0.5) is 17.1 Å².